The van der Waals surface area contributed by atoms with E-state index in [1.807, 2.05) is 32.9 Å². The first-order valence-electron chi connectivity index (χ1n) is 11.9. The number of carbonyl (C=O) groups excluding carboxylic acids is 1. The number of rotatable bonds is 12. The molecule has 31 heavy (non-hydrogen) atoms. The molecule has 0 aliphatic heterocycles. The van der Waals surface area contributed by atoms with Crippen LogP contribution in [0.2, 0.25) is 0 Å². The van der Waals surface area contributed by atoms with Crippen LogP contribution < -0.4 is 4.74 Å². The maximum Gasteiger partial charge on any atom is 0.313 e. The Balaban J connectivity index is 1.97. The first kappa shape index (κ1) is 25.0. The highest BCUT2D eigenvalue weighted by Crippen LogP contribution is 2.29. The van der Waals surface area contributed by atoms with E-state index >= 15 is 0 Å². The molecule has 0 amide bonds. The van der Waals surface area contributed by atoms with E-state index in [9.17, 15) is 4.79 Å². The van der Waals surface area contributed by atoms with E-state index < -0.39 is 5.60 Å². The van der Waals surface area contributed by atoms with Gasteiger partial charge in [-0.2, -0.15) is 0 Å². The van der Waals surface area contributed by atoms with Gasteiger partial charge in [0, 0.05) is 0 Å². The van der Waals surface area contributed by atoms with Gasteiger partial charge in [0.15, 0.2) is 0 Å². The van der Waals surface area contributed by atoms with Crippen LogP contribution in [0.3, 0.4) is 0 Å². The van der Waals surface area contributed by atoms with E-state index in [4.69, 9.17) is 9.47 Å². The summed E-state index contributed by atoms with van der Waals surface area (Å²) < 4.78 is 11.5. The molecular formula is C28H40O3. The molecule has 3 nitrogen and oxygen atoms in total. The normalized spacial score (nSPS) is 12.4. The fourth-order valence-corrected chi connectivity index (χ4v) is 3.63. The topological polar surface area (TPSA) is 35.5 Å². The van der Waals surface area contributed by atoms with Crippen LogP contribution in [0.1, 0.15) is 91.0 Å². The molecule has 0 spiro atoms. The summed E-state index contributed by atoms with van der Waals surface area (Å²) in [4.78, 5) is 12.7. The third kappa shape index (κ3) is 8.77. The molecule has 0 radical (unpaired) electrons. The predicted octanol–water partition coefficient (Wildman–Crippen LogP) is 7.93. The summed E-state index contributed by atoms with van der Waals surface area (Å²) in [7, 11) is 0. The zero-order chi connectivity index (χ0) is 22.7. The van der Waals surface area contributed by atoms with Crippen molar-refractivity contribution in [2.45, 2.75) is 91.1 Å². The highest BCUT2D eigenvalue weighted by atomic mass is 16.6. The summed E-state index contributed by atoms with van der Waals surface area (Å²) in [6.45, 7) is 10.8. The van der Waals surface area contributed by atoms with E-state index in [1.54, 1.807) is 0 Å². The fourth-order valence-electron chi connectivity index (χ4n) is 3.63. The van der Waals surface area contributed by atoms with Gasteiger partial charge < -0.3 is 9.47 Å². The van der Waals surface area contributed by atoms with Crippen LogP contribution in [0, 0.1) is 0 Å². The van der Waals surface area contributed by atoms with Crippen molar-refractivity contribution in [1.82, 2.24) is 0 Å². The molecule has 1 unspecified atom stereocenters. The summed E-state index contributed by atoms with van der Waals surface area (Å²) in [5, 5.41) is 0. The van der Waals surface area contributed by atoms with Gasteiger partial charge in [0.1, 0.15) is 11.4 Å². The van der Waals surface area contributed by atoms with Gasteiger partial charge in [-0.1, -0.05) is 82.3 Å². The van der Waals surface area contributed by atoms with Gasteiger partial charge in [-0.15, -0.1) is 0 Å². The van der Waals surface area contributed by atoms with Crippen molar-refractivity contribution in [3.8, 4) is 16.9 Å². The Morgan fingerprint density at radius 2 is 1.39 bits per heavy atom. The lowest BCUT2D eigenvalue weighted by molar-refractivity contribution is -0.157. The molecule has 0 N–H and O–H groups in total. The van der Waals surface area contributed by atoms with Gasteiger partial charge in [0.25, 0.3) is 0 Å². The van der Waals surface area contributed by atoms with Gasteiger partial charge in [-0.25, -0.2) is 0 Å². The molecule has 0 saturated carbocycles. The molecule has 0 aliphatic carbocycles. The molecule has 0 aliphatic rings. The average Bonchev–Trinajstić information content (AvgIpc) is 2.74. The predicted molar refractivity (Wildman–Crippen MR) is 130 cm³/mol. The van der Waals surface area contributed by atoms with E-state index in [0.29, 0.717) is 0 Å². The minimum Gasteiger partial charge on any atom is -0.494 e. The van der Waals surface area contributed by atoms with E-state index in [1.165, 1.54) is 25.7 Å². The van der Waals surface area contributed by atoms with Crippen molar-refractivity contribution in [3.63, 3.8) is 0 Å². The van der Waals surface area contributed by atoms with Gasteiger partial charge in [-0.3, -0.25) is 4.79 Å². The van der Waals surface area contributed by atoms with Crippen LogP contribution in [-0.4, -0.2) is 18.2 Å². The van der Waals surface area contributed by atoms with Crippen molar-refractivity contribution < 1.29 is 14.3 Å². The number of benzene rings is 2. The van der Waals surface area contributed by atoms with Crippen molar-refractivity contribution in [3.05, 3.63) is 54.1 Å². The highest BCUT2D eigenvalue weighted by molar-refractivity contribution is 5.79. The Morgan fingerprint density at radius 3 is 1.94 bits per heavy atom. The quantitative estimate of drug-likeness (QED) is 0.256. The largest absolute Gasteiger partial charge is 0.494 e. The van der Waals surface area contributed by atoms with Crippen LogP contribution in [0.5, 0.6) is 5.75 Å². The van der Waals surface area contributed by atoms with Crippen LogP contribution in [0.25, 0.3) is 11.1 Å². The zero-order valence-corrected chi connectivity index (χ0v) is 20.1. The Kier molecular flexibility index (Phi) is 10.1. The van der Waals surface area contributed by atoms with Gasteiger partial charge in [0.2, 0.25) is 0 Å². The van der Waals surface area contributed by atoms with Gasteiger partial charge in [0.05, 0.1) is 12.5 Å². The lowest BCUT2D eigenvalue weighted by Gasteiger charge is -2.24. The maximum absolute atomic E-state index is 12.7. The molecule has 0 bridgehead atoms. The van der Waals surface area contributed by atoms with E-state index in [-0.39, 0.29) is 11.9 Å². The number of esters is 1. The zero-order valence-electron chi connectivity index (χ0n) is 20.1. The summed E-state index contributed by atoms with van der Waals surface area (Å²) >= 11 is 0. The molecule has 1 atom stereocenters. The Bertz CT molecular complexity index is 769. The summed E-state index contributed by atoms with van der Waals surface area (Å²) in [5.74, 6) is 0.563. The molecule has 170 valence electrons. The fraction of sp³-hybridized carbons (Fsp3) is 0.536. The first-order valence-corrected chi connectivity index (χ1v) is 11.9. The summed E-state index contributed by atoms with van der Waals surface area (Å²) in [6, 6.07) is 16.6. The van der Waals surface area contributed by atoms with Crippen LogP contribution in [0.4, 0.5) is 0 Å². The third-order valence-electron chi connectivity index (χ3n) is 5.29. The molecular weight excluding hydrogens is 384 g/mol. The van der Waals surface area contributed by atoms with E-state index in [2.05, 4.69) is 50.2 Å². The standard InChI is InChI=1S/C28H40O3/c1-6-8-9-10-11-21-30-25-19-17-23(18-20-25)22-13-15-24(16-14-22)26(12-7-2)27(29)31-28(3,4)5/h13-20,26H,6-12,21H2,1-5H3. The Hall–Kier alpha value is -2.29. The van der Waals surface area contributed by atoms with Crippen molar-refractivity contribution in [1.29, 1.82) is 0 Å². The molecule has 0 fully saturated rings. The van der Waals surface area contributed by atoms with Crippen LogP contribution in [-0.2, 0) is 9.53 Å². The first-order chi connectivity index (χ1) is 14.8. The number of unbranched alkanes of at least 4 members (excludes halogenated alkanes) is 4. The molecule has 2 rings (SSSR count). The monoisotopic (exact) mass is 424 g/mol. The summed E-state index contributed by atoms with van der Waals surface area (Å²) in [5.41, 5.74) is 2.82. The molecule has 3 heteroatoms. The second-order valence-electron chi connectivity index (χ2n) is 9.28. The molecule has 2 aromatic carbocycles. The maximum atomic E-state index is 12.7. The molecule has 0 saturated heterocycles. The second kappa shape index (κ2) is 12.5. The number of hydrogen-bond acceptors (Lipinski definition) is 3. The molecule has 0 heterocycles. The highest BCUT2D eigenvalue weighted by Gasteiger charge is 2.25. The molecule has 2 aromatic rings. The molecule has 0 aromatic heterocycles. The summed E-state index contributed by atoms with van der Waals surface area (Å²) in [6.07, 6.45) is 7.95. The minimum absolute atomic E-state index is 0.140. The number of hydrogen-bond donors (Lipinski definition) is 0. The SMILES string of the molecule is CCCCCCCOc1ccc(-c2ccc(C(CCC)C(=O)OC(C)(C)C)cc2)cc1. The Morgan fingerprint density at radius 1 is 0.806 bits per heavy atom. The smallest absolute Gasteiger partial charge is 0.313 e. The van der Waals surface area contributed by atoms with Gasteiger partial charge >= 0.3 is 5.97 Å². The third-order valence-corrected chi connectivity index (χ3v) is 5.29. The second-order valence-corrected chi connectivity index (χ2v) is 9.28. The van der Waals surface area contributed by atoms with E-state index in [0.717, 1.165) is 48.3 Å². The minimum atomic E-state index is -0.470. The number of ether oxygens (including phenoxy) is 2. The van der Waals surface area contributed by atoms with Crippen molar-refractivity contribution in [2.75, 3.05) is 6.61 Å². The average molecular weight is 425 g/mol. The van der Waals surface area contributed by atoms with Crippen LogP contribution in [0.15, 0.2) is 48.5 Å². The lowest BCUT2D eigenvalue weighted by Crippen LogP contribution is -2.27. The lowest BCUT2D eigenvalue weighted by atomic mass is 9.92. The number of carbonyl (C=O) groups is 1. The van der Waals surface area contributed by atoms with Crippen molar-refractivity contribution in [2.24, 2.45) is 0 Å². The Labute approximate surface area is 189 Å². The van der Waals surface area contributed by atoms with Crippen LogP contribution >= 0.6 is 0 Å². The van der Waals surface area contributed by atoms with Crippen molar-refractivity contribution >= 4 is 5.97 Å². The van der Waals surface area contributed by atoms with Gasteiger partial charge in [-0.05, 0) is 62.4 Å².